The number of rotatable bonds is 15. The Kier molecular flexibility index (Phi) is 11.9. The molecule has 5 atom stereocenters. The van der Waals surface area contributed by atoms with Gasteiger partial charge >= 0.3 is 11.9 Å². The van der Waals surface area contributed by atoms with Gasteiger partial charge in [0.2, 0.25) is 17.7 Å². The zero-order valence-electron chi connectivity index (χ0n) is 20.4. The minimum atomic E-state index is -1.25. The minimum Gasteiger partial charge on any atom is -0.481 e. The number of carboxylic acids is 2. The Bertz CT molecular complexity index is 874. The molecule has 8 N–H and O–H groups in total. The van der Waals surface area contributed by atoms with Gasteiger partial charge in [0.05, 0.1) is 12.4 Å². The maximum atomic E-state index is 13.0. The van der Waals surface area contributed by atoms with Gasteiger partial charge in [-0.15, -0.1) is 0 Å². The summed E-state index contributed by atoms with van der Waals surface area (Å²) in [6, 6.07) is -4.47. The van der Waals surface area contributed by atoms with Gasteiger partial charge in [0.25, 0.3) is 0 Å². The first-order valence-corrected chi connectivity index (χ1v) is 11.5. The van der Waals surface area contributed by atoms with E-state index in [0.29, 0.717) is 12.1 Å². The highest BCUT2D eigenvalue weighted by atomic mass is 16.4. The van der Waals surface area contributed by atoms with E-state index < -0.39 is 53.8 Å². The Morgan fingerprint density at radius 3 is 2.09 bits per heavy atom. The molecule has 0 bridgehead atoms. The summed E-state index contributed by atoms with van der Waals surface area (Å²) < 4.78 is 0. The first kappa shape index (κ1) is 29.6. The molecule has 0 saturated carbocycles. The summed E-state index contributed by atoms with van der Waals surface area (Å²) in [5, 5.41) is 25.9. The molecule has 13 nitrogen and oxygen atoms in total. The molecule has 35 heavy (non-hydrogen) atoms. The van der Waals surface area contributed by atoms with Crippen molar-refractivity contribution in [2.75, 3.05) is 0 Å². The van der Waals surface area contributed by atoms with Crippen molar-refractivity contribution in [3.05, 3.63) is 18.2 Å². The van der Waals surface area contributed by atoms with Crippen molar-refractivity contribution < 1.29 is 34.2 Å². The van der Waals surface area contributed by atoms with Gasteiger partial charge in [0, 0.05) is 24.7 Å². The molecule has 1 aromatic rings. The van der Waals surface area contributed by atoms with Crippen LogP contribution in [0.2, 0.25) is 0 Å². The molecule has 0 aromatic carbocycles. The number of hydrogen-bond donors (Lipinski definition) is 7. The normalized spacial score (nSPS) is 15.4. The monoisotopic (exact) mass is 496 g/mol. The van der Waals surface area contributed by atoms with Gasteiger partial charge < -0.3 is 36.9 Å². The number of aromatic nitrogens is 2. The summed E-state index contributed by atoms with van der Waals surface area (Å²) in [7, 11) is 0. The molecule has 0 spiro atoms. The Balaban J connectivity index is 2.94. The van der Waals surface area contributed by atoms with Crippen LogP contribution in [-0.4, -0.2) is 74.0 Å². The van der Waals surface area contributed by atoms with Gasteiger partial charge in [-0.3, -0.25) is 19.2 Å². The van der Waals surface area contributed by atoms with Gasteiger partial charge in [-0.2, -0.15) is 0 Å². The Hall–Kier alpha value is -3.48. The van der Waals surface area contributed by atoms with Gasteiger partial charge in [0.1, 0.15) is 18.1 Å². The Morgan fingerprint density at radius 1 is 1.00 bits per heavy atom. The predicted molar refractivity (Wildman–Crippen MR) is 125 cm³/mol. The molecule has 0 aliphatic rings. The minimum absolute atomic E-state index is 0.0266. The Labute approximate surface area is 203 Å². The van der Waals surface area contributed by atoms with E-state index in [-0.39, 0.29) is 31.1 Å². The molecule has 0 fully saturated rings. The van der Waals surface area contributed by atoms with E-state index >= 15 is 0 Å². The molecule has 1 aromatic heterocycles. The van der Waals surface area contributed by atoms with Crippen LogP contribution in [0.4, 0.5) is 0 Å². The number of carboxylic acid groups (broad SMARTS) is 2. The molecule has 196 valence electrons. The summed E-state index contributed by atoms with van der Waals surface area (Å²) >= 11 is 0. The van der Waals surface area contributed by atoms with E-state index in [1.807, 2.05) is 6.92 Å². The van der Waals surface area contributed by atoms with E-state index in [0.717, 1.165) is 0 Å². The third kappa shape index (κ3) is 9.73. The van der Waals surface area contributed by atoms with E-state index in [9.17, 15) is 29.1 Å². The van der Waals surface area contributed by atoms with Crippen LogP contribution in [0.25, 0.3) is 0 Å². The second-order valence-corrected chi connectivity index (χ2v) is 8.82. The van der Waals surface area contributed by atoms with Crippen LogP contribution in [0.15, 0.2) is 12.5 Å². The van der Waals surface area contributed by atoms with Crippen LogP contribution in [0.1, 0.15) is 52.7 Å². The summed E-state index contributed by atoms with van der Waals surface area (Å²) in [6.07, 6.45) is 2.93. The molecule has 0 radical (unpaired) electrons. The number of carbonyl (C=O) groups excluding carboxylic acids is 3. The van der Waals surface area contributed by atoms with Crippen molar-refractivity contribution >= 4 is 29.7 Å². The maximum Gasteiger partial charge on any atom is 0.326 e. The topological polar surface area (TPSA) is 217 Å². The van der Waals surface area contributed by atoms with Crippen molar-refractivity contribution in [1.82, 2.24) is 25.9 Å². The second kappa shape index (κ2) is 14.0. The van der Waals surface area contributed by atoms with E-state index in [4.69, 9.17) is 10.8 Å². The summed E-state index contributed by atoms with van der Waals surface area (Å²) in [5.74, 6) is -5.06. The first-order valence-electron chi connectivity index (χ1n) is 11.5. The number of nitrogens with two attached hydrogens (primary N) is 1. The first-order chi connectivity index (χ1) is 16.4. The number of nitrogens with zero attached hydrogens (tertiary/aromatic N) is 1. The summed E-state index contributed by atoms with van der Waals surface area (Å²) in [5.41, 5.74) is 6.26. The molecule has 13 heteroatoms. The Morgan fingerprint density at radius 2 is 1.60 bits per heavy atom. The van der Waals surface area contributed by atoms with Crippen molar-refractivity contribution in [3.63, 3.8) is 0 Å². The molecular weight excluding hydrogens is 460 g/mol. The van der Waals surface area contributed by atoms with Crippen LogP contribution in [-0.2, 0) is 30.4 Å². The number of H-pyrrole nitrogens is 1. The molecule has 1 rings (SSSR count). The average molecular weight is 497 g/mol. The van der Waals surface area contributed by atoms with E-state index in [2.05, 4.69) is 25.9 Å². The lowest BCUT2D eigenvalue weighted by Gasteiger charge is -2.29. The van der Waals surface area contributed by atoms with Crippen LogP contribution in [0.3, 0.4) is 0 Å². The summed E-state index contributed by atoms with van der Waals surface area (Å²) in [4.78, 5) is 67.5. The lowest BCUT2D eigenvalue weighted by atomic mass is 9.95. The van der Waals surface area contributed by atoms with Gasteiger partial charge in [-0.25, -0.2) is 9.78 Å². The van der Waals surface area contributed by atoms with E-state index in [1.54, 1.807) is 20.8 Å². The number of hydrogen-bond acceptors (Lipinski definition) is 7. The third-order valence-corrected chi connectivity index (χ3v) is 5.64. The molecular formula is C22H36N6O7. The quantitative estimate of drug-likeness (QED) is 0.164. The second-order valence-electron chi connectivity index (χ2n) is 8.82. The van der Waals surface area contributed by atoms with Crippen molar-refractivity contribution in [2.24, 2.45) is 17.6 Å². The molecule has 0 aliphatic carbocycles. The largest absolute Gasteiger partial charge is 0.481 e. The maximum absolute atomic E-state index is 13.0. The molecule has 5 unspecified atom stereocenters. The fourth-order valence-electron chi connectivity index (χ4n) is 3.23. The zero-order chi connectivity index (χ0) is 26.7. The molecule has 3 amide bonds. The number of imidazole rings is 1. The van der Waals surface area contributed by atoms with Crippen molar-refractivity contribution in [1.29, 1.82) is 0 Å². The fraction of sp³-hybridized carbons (Fsp3) is 0.636. The number of aromatic amines is 1. The van der Waals surface area contributed by atoms with Crippen LogP contribution < -0.4 is 21.7 Å². The summed E-state index contributed by atoms with van der Waals surface area (Å²) in [6.45, 7) is 6.94. The predicted octanol–water partition coefficient (Wildman–Crippen LogP) is -0.615. The van der Waals surface area contributed by atoms with Crippen molar-refractivity contribution in [3.8, 4) is 0 Å². The lowest BCUT2D eigenvalue weighted by Crippen LogP contribution is -2.60. The van der Waals surface area contributed by atoms with Crippen molar-refractivity contribution in [2.45, 2.75) is 77.5 Å². The smallest absolute Gasteiger partial charge is 0.326 e. The van der Waals surface area contributed by atoms with Crippen LogP contribution >= 0.6 is 0 Å². The zero-order valence-corrected chi connectivity index (χ0v) is 20.4. The van der Waals surface area contributed by atoms with Gasteiger partial charge in [-0.05, 0) is 18.3 Å². The van der Waals surface area contributed by atoms with Crippen LogP contribution in [0.5, 0.6) is 0 Å². The molecule has 0 aliphatic heterocycles. The number of aliphatic carboxylic acids is 2. The lowest BCUT2D eigenvalue weighted by molar-refractivity contribution is -0.142. The highest BCUT2D eigenvalue weighted by Crippen LogP contribution is 2.12. The third-order valence-electron chi connectivity index (χ3n) is 5.64. The number of amides is 3. The highest BCUT2D eigenvalue weighted by molar-refractivity contribution is 5.94. The van der Waals surface area contributed by atoms with Gasteiger partial charge in [0.15, 0.2) is 0 Å². The highest BCUT2D eigenvalue weighted by Gasteiger charge is 2.34. The number of nitrogens with one attached hydrogen (secondary N) is 4. The average Bonchev–Trinajstić information content (AvgIpc) is 3.30. The van der Waals surface area contributed by atoms with Gasteiger partial charge in [-0.1, -0.05) is 34.1 Å². The molecule has 1 heterocycles. The number of carbonyl (C=O) groups is 5. The fourth-order valence-corrected chi connectivity index (χ4v) is 3.23. The molecule has 0 saturated heterocycles. The standard InChI is InChI=1S/C22H36N6O7/c1-5-12(4)18(21(33)26-15(22(34)35)8-13-9-24-10-25-13)28-20(32)17(11(2)3)27-19(31)14(23)6-7-16(29)30/h9-12,14-15,17-18H,5-8,23H2,1-4H3,(H,24,25)(H,26,33)(H,27,31)(H,28,32)(H,29,30)(H,34,35). The van der Waals surface area contributed by atoms with Crippen LogP contribution in [0, 0.1) is 11.8 Å². The SMILES string of the molecule is CCC(C)C(NC(=O)C(NC(=O)C(N)CCC(=O)O)C(C)C)C(=O)NC(Cc1cnc[nH]1)C(=O)O. The van der Waals surface area contributed by atoms with E-state index in [1.165, 1.54) is 12.5 Å².